The van der Waals surface area contributed by atoms with Crippen LogP contribution >= 0.6 is 0 Å². The first kappa shape index (κ1) is 21.2. The van der Waals surface area contributed by atoms with Crippen LogP contribution in [0.2, 0.25) is 0 Å². The first-order valence-corrected chi connectivity index (χ1v) is 7.67. The molecule has 0 bridgehead atoms. The van der Waals surface area contributed by atoms with Crippen molar-refractivity contribution in [3.8, 4) is 5.75 Å². The van der Waals surface area contributed by atoms with E-state index in [4.69, 9.17) is 9.84 Å². The zero-order chi connectivity index (χ0) is 15.5. The second-order valence-electron chi connectivity index (χ2n) is 5.17. The summed E-state index contributed by atoms with van der Waals surface area (Å²) in [5, 5.41) is 8.77. The molecule has 0 aliphatic heterocycles. The molecule has 4 nitrogen and oxygen atoms in total. The monoisotopic (exact) mass is 316 g/mol. The van der Waals surface area contributed by atoms with E-state index in [1.54, 1.807) is 0 Å². The molecule has 0 saturated heterocycles. The summed E-state index contributed by atoms with van der Waals surface area (Å²) in [6, 6.07) is 5.87. The van der Waals surface area contributed by atoms with Crippen LogP contribution < -0.4 is 4.74 Å². The van der Waals surface area contributed by atoms with Gasteiger partial charge in [0, 0.05) is 6.42 Å². The summed E-state index contributed by atoms with van der Waals surface area (Å²) in [7, 11) is 0. The van der Waals surface area contributed by atoms with E-state index in [9.17, 15) is 9.59 Å². The van der Waals surface area contributed by atoms with Crippen molar-refractivity contribution in [1.29, 1.82) is 0 Å². The number of esters is 1. The maximum atomic E-state index is 11.6. The van der Waals surface area contributed by atoms with Crippen LogP contribution in [0.25, 0.3) is 0 Å². The zero-order valence-electron chi connectivity index (χ0n) is 12.6. The van der Waals surface area contributed by atoms with Crippen molar-refractivity contribution in [3.63, 3.8) is 0 Å². The van der Waals surface area contributed by atoms with Gasteiger partial charge in [0.15, 0.2) is 0 Å². The summed E-state index contributed by atoms with van der Waals surface area (Å²) in [6.45, 7) is 2.19. The number of carbonyl (C=O) groups excluding carboxylic acids is 1. The van der Waals surface area contributed by atoms with E-state index in [1.807, 2.05) is 0 Å². The van der Waals surface area contributed by atoms with Gasteiger partial charge >= 0.3 is 41.5 Å². The number of hydrogen-bond donors (Lipinski definition) is 1. The average molecular weight is 316 g/mol. The van der Waals surface area contributed by atoms with Gasteiger partial charge in [-0.25, -0.2) is 4.79 Å². The molecule has 1 N–H and O–H groups in total. The van der Waals surface area contributed by atoms with Gasteiger partial charge in [0.2, 0.25) is 0 Å². The molecule has 0 amide bonds. The van der Waals surface area contributed by atoms with Crippen LogP contribution in [0.3, 0.4) is 0 Å². The number of hydrogen-bond acceptors (Lipinski definition) is 3. The molecular weight excluding hydrogens is 291 g/mol. The summed E-state index contributed by atoms with van der Waals surface area (Å²) < 4.78 is 5.16. The molecule has 0 atom stereocenters. The van der Waals surface area contributed by atoms with Crippen molar-refractivity contribution >= 4 is 41.5 Å². The molecule has 0 aliphatic carbocycles. The van der Waals surface area contributed by atoms with Gasteiger partial charge in [-0.15, -0.1) is 0 Å². The van der Waals surface area contributed by atoms with Crippen LogP contribution in [0.4, 0.5) is 0 Å². The standard InChI is InChI=1S/C17H24O4.Na.H/c1-2-3-4-5-6-7-8-9-16(18)21-15-12-10-14(11-13-15)17(19)20;;/h10-13H,2-9H2,1H3,(H,19,20);;. The summed E-state index contributed by atoms with van der Waals surface area (Å²) in [5.41, 5.74) is 0.182. The topological polar surface area (TPSA) is 63.6 Å². The summed E-state index contributed by atoms with van der Waals surface area (Å²) in [6.07, 6.45) is 8.52. The third kappa shape index (κ3) is 9.23. The molecule has 0 radical (unpaired) electrons. The van der Waals surface area contributed by atoms with Gasteiger partial charge in [0.25, 0.3) is 0 Å². The fourth-order valence-electron chi connectivity index (χ4n) is 2.07. The Kier molecular flexibility index (Phi) is 12.2. The Balaban J connectivity index is 0.00000441. The van der Waals surface area contributed by atoms with Crippen LogP contribution in [-0.2, 0) is 4.79 Å². The second-order valence-corrected chi connectivity index (χ2v) is 5.17. The number of carboxylic acids is 1. The molecular formula is C17H25NaO4. The molecule has 0 fully saturated rings. The minimum atomic E-state index is -0.990. The van der Waals surface area contributed by atoms with Gasteiger partial charge in [0.1, 0.15) is 5.75 Å². The molecule has 5 heteroatoms. The summed E-state index contributed by atoms with van der Waals surface area (Å²) in [5.74, 6) is -0.851. The molecule has 1 rings (SSSR count). The molecule has 0 spiro atoms. The van der Waals surface area contributed by atoms with Crippen LogP contribution in [0, 0.1) is 0 Å². The van der Waals surface area contributed by atoms with Crippen molar-refractivity contribution in [1.82, 2.24) is 0 Å². The van der Waals surface area contributed by atoms with Gasteiger partial charge in [-0.2, -0.15) is 0 Å². The molecule has 1 aromatic carbocycles. The second kappa shape index (κ2) is 12.7. The molecule has 0 aromatic heterocycles. The predicted octanol–water partition coefficient (Wildman–Crippen LogP) is 3.78. The fraction of sp³-hybridized carbons (Fsp3) is 0.529. The minimum absolute atomic E-state index is 0. The molecule has 118 valence electrons. The first-order chi connectivity index (χ1) is 10.1. The zero-order valence-corrected chi connectivity index (χ0v) is 12.6. The van der Waals surface area contributed by atoms with E-state index >= 15 is 0 Å². The number of unbranched alkanes of at least 4 members (excludes halogenated alkanes) is 6. The normalized spacial score (nSPS) is 9.86. The Hall–Kier alpha value is -0.840. The Morgan fingerprint density at radius 2 is 1.50 bits per heavy atom. The fourth-order valence-corrected chi connectivity index (χ4v) is 2.07. The first-order valence-electron chi connectivity index (χ1n) is 7.67. The van der Waals surface area contributed by atoms with E-state index in [0.717, 1.165) is 12.8 Å². The third-order valence-electron chi connectivity index (χ3n) is 3.32. The molecule has 0 heterocycles. The van der Waals surface area contributed by atoms with Gasteiger partial charge < -0.3 is 9.84 Å². The SMILES string of the molecule is CCCCCCCCCC(=O)Oc1ccc(C(=O)O)cc1.[NaH]. The maximum absolute atomic E-state index is 11.6. The Bertz CT molecular complexity index is 442. The predicted molar refractivity (Wildman–Crippen MR) is 88.8 cm³/mol. The Morgan fingerprint density at radius 3 is 2.05 bits per heavy atom. The average Bonchev–Trinajstić information content (AvgIpc) is 2.47. The number of ether oxygens (including phenoxy) is 1. The summed E-state index contributed by atoms with van der Waals surface area (Å²) >= 11 is 0. The van der Waals surface area contributed by atoms with Crippen molar-refractivity contribution in [2.75, 3.05) is 0 Å². The van der Waals surface area contributed by atoms with E-state index in [0.29, 0.717) is 12.2 Å². The van der Waals surface area contributed by atoms with E-state index in [1.165, 1.54) is 56.4 Å². The van der Waals surface area contributed by atoms with Crippen LogP contribution in [0.15, 0.2) is 24.3 Å². The van der Waals surface area contributed by atoms with Crippen LogP contribution in [0.5, 0.6) is 5.75 Å². The molecule has 0 saturated carbocycles. The van der Waals surface area contributed by atoms with Gasteiger partial charge in [-0.3, -0.25) is 4.79 Å². The quantitative estimate of drug-likeness (QED) is 0.309. The molecule has 1 aromatic rings. The van der Waals surface area contributed by atoms with Crippen molar-refractivity contribution in [2.24, 2.45) is 0 Å². The Labute approximate surface area is 154 Å². The van der Waals surface area contributed by atoms with E-state index in [-0.39, 0.29) is 41.1 Å². The van der Waals surface area contributed by atoms with Crippen molar-refractivity contribution in [2.45, 2.75) is 58.3 Å². The van der Waals surface area contributed by atoms with Gasteiger partial charge in [-0.1, -0.05) is 45.4 Å². The number of rotatable bonds is 10. The molecule has 0 unspecified atom stereocenters. The Morgan fingerprint density at radius 1 is 0.955 bits per heavy atom. The number of carbonyl (C=O) groups is 2. The van der Waals surface area contributed by atoms with Gasteiger partial charge in [-0.05, 0) is 30.7 Å². The summed E-state index contributed by atoms with van der Waals surface area (Å²) in [4.78, 5) is 22.3. The number of benzene rings is 1. The molecule has 22 heavy (non-hydrogen) atoms. The number of carboxylic acid groups (broad SMARTS) is 1. The van der Waals surface area contributed by atoms with E-state index < -0.39 is 5.97 Å². The van der Waals surface area contributed by atoms with Crippen molar-refractivity contribution in [3.05, 3.63) is 29.8 Å². The number of aromatic carboxylic acids is 1. The van der Waals surface area contributed by atoms with Crippen LogP contribution in [0.1, 0.15) is 68.6 Å². The van der Waals surface area contributed by atoms with E-state index in [2.05, 4.69) is 6.92 Å². The van der Waals surface area contributed by atoms with Crippen molar-refractivity contribution < 1.29 is 19.4 Å². The third-order valence-corrected chi connectivity index (χ3v) is 3.32. The molecule has 0 aliphatic rings. The van der Waals surface area contributed by atoms with Crippen LogP contribution in [-0.4, -0.2) is 46.6 Å². The van der Waals surface area contributed by atoms with Gasteiger partial charge in [0.05, 0.1) is 5.56 Å².